The molecule has 1 amide bonds. The average Bonchev–Trinajstić information content (AvgIpc) is 3.17. The average molecular weight is 269 g/mol. The van der Waals surface area contributed by atoms with Crippen LogP contribution in [0.5, 0.6) is 0 Å². The summed E-state index contributed by atoms with van der Waals surface area (Å²) in [7, 11) is 0. The summed E-state index contributed by atoms with van der Waals surface area (Å²) in [6.07, 6.45) is 6.54. The summed E-state index contributed by atoms with van der Waals surface area (Å²) in [5.41, 5.74) is -1.28. The van der Waals surface area contributed by atoms with Crippen LogP contribution in [0.2, 0.25) is 0 Å². The zero-order valence-corrected chi connectivity index (χ0v) is 12.4. The van der Waals surface area contributed by atoms with Gasteiger partial charge < -0.3 is 10.4 Å². The van der Waals surface area contributed by atoms with Crippen LogP contribution in [0.3, 0.4) is 0 Å². The van der Waals surface area contributed by atoms with Crippen molar-refractivity contribution in [2.45, 2.75) is 71.8 Å². The first-order valence-electron chi connectivity index (χ1n) is 7.48. The molecule has 0 aromatic carbocycles. The number of carbonyl (C=O) groups excluding carboxylic acids is 1. The van der Waals surface area contributed by atoms with Crippen molar-refractivity contribution in [1.82, 2.24) is 5.32 Å². The molecule has 0 aromatic rings. The molecular formula is C15H27NO3. The quantitative estimate of drug-likeness (QED) is 0.632. The predicted octanol–water partition coefficient (Wildman–Crippen LogP) is 2.96. The van der Waals surface area contributed by atoms with E-state index < -0.39 is 11.4 Å². The Morgan fingerprint density at radius 1 is 1.37 bits per heavy atom. The smallest absolute Gasteiger partial charge is 0.318 e. The Labute approximate surface area is 116 Å². The van der Waals surface area contributed by atoms with Crippen LogP contribution in [0, 0.1) is 11.3 Å². The third-order valence-corrected chi connectivity index (χ3v) is 4.13. The van der Waals surface area contributed by atoms with Gasteiger partial charge >= 0.3 is 5.97 Å². The molecule has 19 heavy (non-hydrogen) atoms. The van der Waals surface area contributed by atoms with Gasteiger partial charge in [0.25, 0.3) is 0 Å². The normalized spacial score (nSPS) is 19.5. The van der Waals surface area contributed by atoms with Gasteiger partial charge in [-0.3, -0.25) is 9.59 Å². The highest BCUT2D eigenvalue weighted by molar-refractivity contribution is 6.01. The Kier molecular flexibility index (Phi) is 5.83. The van der Waals surface area contributed by atoms with Crippen LogP contribution in [0.1, 0.15) is 65.7 Å². The Bertz CT molecular complexity index is 325. The lowest BCUT2D eigenvalue weighted by atomic mass is 9.77. The van der Waals surface area contributed by atoms with Crippen molar-refractivity contribution in [3.05, 3.63) is 0 Å². The Balaban J connectivity index is 2.67. The molecule has 1 fully saturated rings. The molecule has 4 heteroatoms. The third kappa shape index (κ3) is 4.51. The molecule has 0 radical (unpaired) electrons. The zero-order chi connectivity index (χ0) is 14.5. The Hall–Kier alpha value is -1.06. The molecule has 2 N–H and O–H groups in total. The topological polar surface area (TPSA) is 66.4 Å². The van der Waals surface area contributed by atoms with Crippen LogP contribution < -0.4 is 5.32 Å². The minimum Gasteiger partial charge on any atom is -0.480 e. The minimum absolute atomic E-state index is 0.210. The van der Waals surface area contributed by atoms with Crippen LogP contribution in [0.25, 0.3) is 0 Å². The number of unbranched alkanes of at least 4 members (excludes halogenated alkanes) is 1. The van der Waals surface area contributed by atoms with Gasteiger partial charge in [-0.15, -0.1) is 0 Å². The van der Waals surface area contributed by atoms with Gasteiger partial charge in [0.15, 0.2) is 0 Å². The van der Waals surface area contributed by atoms with Crippen molar-refractivity contribution in [3.63, 3.8) is 0 Å². The maximum atomic E-state index is 12.2. The molecule has 0 spiro atoms. The van der Waals surface area contributed by atoms with Gasteiger partial charge in [-0.2, -0.15) is 0 Å². The van der Waals surface area contributed by atoms with Crippen molar-refractivity contribution >= 4 is 11.9 Å². The molecule has 4 nitrogen and oxygen atoms in total. The highest BCUT2D eigenvalue weighted by Gasteiger charge is 2.44. The molecule has 0 heterocycles. The number of rotatable bonds is 9. The summed E-state index contributed by atoms with van der Waals surface area (Å²) in [4.78, 5) is 23.7. The molecular weight excluding hydrogens is 242 g/mol. The molecule has 0 aliphatic heterocycles. The highest BCUT2D eigenvalue weighted by Crippen LogP contribution is 2.32. The van der Waals surface area contributed by atoms with Crippen molar-refractivity contribution in [3.8, 4) is 0 Å². The lowest BCUT2D eigenvalue weighted by Gasteiger charge is -2.28. The molecule has 1 saturated carbocycles. The minimum atomic E-state index is -1.28. The van der Waals surface area contributed by atoms with Crippen LogP contribution in [0.4, 0.5) is 0 Å². The van der Waals surface area contributed by atoms with E-state index in [-0.39, 0.29) is 11.9 Å². The van der Waals surface area contributed by atoms with Crippen LogP contribution in [0.15, 0.2) is 0 Å². The largest absolute Gasteiger partial charge is 0.480 e. The van der Waals surface area contributed by atoms with Gasteiger partial charge in [0.2, 0.25) is 5.91 Å². The first-order valence-corrected chi connectivity index (χ1v) is 7.48. The second-order valence-corrected chi connectivity index (χ2v) is 6.01. The molecule has 2 atom stereocenters. The van der Waals surface area contributed by atoms with Gasteiger partial charge in [0, 0.05) is 6.04 Å². The van der Waals surface area contributed by atoms with Crippen LogP contribution in [-0.2, 0) is 9.59 Å². The van der Waals surface area contributed by atoms with E-state index >= 15 is 0 Å². The second kappa shape index (κ2) is 6.92. The summed E-state index contributed by atoms with van der Waals surface area (Å²) >= 11 is 0. The highest BCUT2D eigenvalue weighted by atomic mass is 16.4. The molecule has 0 saturated heterocycles. The summed E-state index contributed by atoms with van der Waals surface area (Å²) in [6.45, 7) is 5.77. The van der Waals surface area contributed by atoms with E-state index in [9.17, 15) is 14.7 Å². The molecule has 0 aromatic heterocycles. The van der Waals surface area contributed by atoms with E-state index in [0.717, 1.165) is 38.5 Å². The SMILES string of the molecule is CCCCC(CC)CC(C)(C(=O)O)C(=O)NC1CC1. The van der Waals surface area contributed by atoms with E-state index in [4.69, 9.17) is 0 Å². The molecule has 2 unspecified atom stereocenters. The number of amides is 1. The van der Waals surface area contributed by atoms with Gasteiger partial charge in [0.05, 0.1) is 0 Å². The van der Waals surface area contributed by atoms with E-state index in [1.54, 1.807) is 6.92 Å². The number of carboxylic acids is 1. The summed E-state index contributed by atoms with van der Waals surface area (Å²) in [5.74, 6) is -0.996. The first-order chi connectivity index (χ1) is 8.93. The summed E-state index contributed by atoms with van der Waals surface area (Å²) in [5, 5.41) is 12.3. The molecule has 1 aliphatic rings. The van der Waals surface area contributed by atoms with Crippen molar-refractivity contribution in [1.29, 1.82) is 0 Å². The van der Waals surface area contributed by atoms with Crippen LogP contribution in [-0.4, -0.2) is 23.0 Å². The fraction of sp³-hybridized carbons (Fsp3) is 0.867. The molecule has 1 aliphatic carbocycles. The van der Waals surface area contributed by atoms with Crippen molar-refractivity contribution in [2.24, 2.45) is 11.3 Å². The third-order valence-electron chi connectivity index (χ3n) is 4.13. The molecule has 1 rings (SSSR count). The standard InChI is InChI=1S/C15H27NO3/c1-4-6-7-11(5-2)10-15(3,14(18)19)13(17)16-12-8-9-12/h11-12H,4-10H2,1-3H3,(H,16,17)(H,18,19). The maximum Gasteiger partial charge on any atom is 0.318 e. The monoisotopic (exact) mass is 269 g/mol. The first kappa shape index (κ1) is 16.0. The number of carboxylic acid groups (broad SMARTS) is 1. The van der Waals surface area contributed by atoms with Gasteiger partial charge in [-0.25, -0.2) is 0 Å². The van der Waals surface area contributed by atoms with E-state index in [2.05, 4.69) is 19.2 Å². The van der Waals surface area contributed by atoms with Gasteiger partial charge in [-0.1, -0.05) is 39.5 Å². The van der Waals surface area contributed by atoms with E-state index in [1.807, 2.05) is 0 Å². The lowest BCUT2D eigenvalue weighted by Crippen LogP contribution is -2.46. The number of aliphatic carboxylic acids is 1. The molecule has 110 valence electrons. The fourth-order valence-electron chi connectivity index (χ4n) is 2.37. The van der Waals surface area contributed by atoms with Gasteiger partial charge in [-0.05, 0) is 32.1 Å². The van der Waals surface area contributed by atoms with Crippen molar-refractivity contribution < 1.29 is 14.7 Å². The second-order valence-electron chi connectivity index (χ2n) is 6.01. The number of hydrogen-bond acceptors (Lipinski definition) is 2. The number of hydrogen-bond donors (Lipinski definition) is 2. The fourth-order valence-corrected chi connectivity index (χ4v) is 2.37. The van der Waals surface area contributed by atoms with Crippen molar-refractivity contribution in [2.75, 3.05) is 0 Å². The Morgan fingerprint density at radius 3 is 2.42 bits per heavy atom. The number of nitrogens with one attached hydrogen (secondary N) is 1. The van der Waals surface area contributed by atoms with E-state index in [1.165, 1.54) is 0 Å². The summed E-state index contributed by atoms with van der Waals surface area (Å²) < 4.78 is 0. The van der Waals surface area contributed by atoms with Gasteiger partial charge in [0.1, 0.15) is 5.41 Å². The Morgan fingerprint density at radius 2 is 2.00 bits per heavy atom. The molecule has 0 bridgehead atoms. The predicted molar refractivity (Wildman–Crippen MR) is 74.8 cm³/mol. The van der Waals surface area contributed by atoms with E-state index in [0.29, 0.717) is 12.3 Å². The zero-order valence-electron chi connectivity index (χ0n) is 12.4. The maximum absolute atomic E-state index is 12.2. The lowest BCUT2D eigenvalue weighted by molar-refractivity contribution is -0.156. The van der Waals surface area contributed by atoms with Crippen LogP contribution >= 0.6 is 0 Å². The summed E-state index contributed by atoms with van der Waals surface area (Å²) in [6, 6.07) is 0.210. The number of carbonyl (C=O) groups is 2.